The standard InChI is InChI=1S/C22H43NO4.2Na/c1-2-3-4-5-6-7-8-9-10-11-12-13-14-15-16-17-18-20(22(26)27)23-19-21(24)25;;/h20,23H,2-19H2,1H3,(H,24,25)(H,26,27);;/q;2*+1/p-2. The molecule has 29 heavy (non-hydrogen) atoms. The quantitative estimate of drug-likeness (QED) is 0.156. The molecule has 0 amide bonds. The number of hydrogen-bond donors (Lipinski definition) is 1. The zero-order valence-corrected chi connectivity index (χ0v) is 23.4. The molecule has 0 bridgehead atoms. The van der Waals surface area contributed by atoms with Crippen LogP contribution in [0, 0.1) is 0 Å². The van der Waals surface area contributed by atoms with Crippen LogP contribution < -0.4 is 74.6 Å². The maximum absolute atomic E-state index is 10.9. The second-order valence-electron chi connectivity index (χ2n) is 7.72. The molecule has 0 radical (unpaired) electrons. The minimum atomic E-state index is -1.30. The minimum Gasteiger partial charge on any atom is -0.549 e. The molecule has 5 nitrogen and oxygen atoms in total. The van der Waals surface area contributed by atoms with E-state index in [9.17, 15) is 19.8 Å². The van der Waals surface area contributed by atoms with Crippen molar-refractivity contribution in [3.63, 3.8) is 0 Å². The van der Waals surface area contributed by atoms with Gasteiger partial charge in [0, 0.05) is 12.6 Å². The van der Waals surface area contributed by atoms with E-state index in [1.807, 2.05) is 0 Å². The van der Waals surface area contributed by atoms with Crippen molar-refractivity contribution >= 4 is 11.9 Å². The van der Waals surface area contributed by atoms with Gasteiger partial charge in [-0.2, -0.15) is 0 Å². The maximum atomic E-state index is 10.9. The van der Waals surface area contributed by atoms with Crippen molar-refractivity contribution in [1.82, 2.24) is 5.32 Å². The summed E-state index contributed by atoms with van der Waals surface area (Å²) in [5.74, 6) is -2.54. The molecule has 0 saturated heterocycles. The zero-order valence-electron chi connectivity index (χ0n) is 19.4. The fraction of sp³-hybridized carbons (Fsp3) is 0.909. The van der Waals surface area contributed by atoms with Gasteiger partial charge in [-0.05, 0) is 6.42 Å². The van der Waals surface area contributed by atoms with Gasteiger partial charge in [-0.3, -0.25) is 0 Å². The second kappa shape index (κ2) is 26.9. The summed E-state index contributed by atoms with van der Waals surface area (Å²) >= 11 is 0. The van der Waals surface area contributed by atoms with Gasteiger partial charge in [0.2, 0.25) is 0 Å². The number of carboxylic acid groups (broad SMARTS) is 2. The monoisotopic (exact) mass is 429 g/mol. The van der Waals surface area contributed by atoms with Crippen LogP contribution >= 0.6 is 0 Å². The molecule has 1 N–H and O–H groups in total. The number of carbonyl (C=O) groups is 2. The van der Waals surface area contributed by atoms with Crippen molar-refractivity contribution in [2.45, 2.75) is 122 Å². The van der Waals surface area contributed by atoms with E-state index in [1.165, 1.54) is 83.5 Å². The molecule has 0 fully saturated rings. The second-order valence-corrected chi connectivity index (χ2v) is 7.72. The summed E-state index contributed by atoms with van der Waals surface area (Å²) in [6.45, 7) is 1.81. The Morgan fingerprint density at radius 3 is 1.31 bits per heavy atom. The Bertz CT molecular complexity index is 371. The third-order valence-corrected chi connectivity index (χ3v) is 5.12. The van der Waals surface area contributed by atoms with Gasteiger partial charge < -0.3 is 25.1 Å². The molecule has 0 spiro atoms. The number of rotatable bonds is 21. The maximum Gasteiger partial charge on any atom is 1.00 e. The summed E-state index contributed by atoms with van der Waals surface area (Å²) in [5, 5.41) is 23.7. The summed E-state index contributed by atoms with van der Waals surface area (Å²) in [7, 11) is 0. The Hall–Kier alpha value is 0.900. The average Bonchev–Trinajstić information content (AvgIpc) is 2.63. The van der Waals surface area contributed by atoms with Crippen molar-refractivity contribution < 1.29 is 78.9 Å². The SMILES string of the molecule is CCCCCCCCCCCCCCCCCCC(NCC(=O)[O-])C(=O)[O-].[Na+].[Na+]. The molecule has 7 heteroatoms. The van der Waals surface area contributed by atoms with E-state index < -0.39 is 24.5 Å². The van der Waals surface area contributed by atoms with Crippen molar-refractivity contribution in [3.8, 4) is 0 Å². The van der Waals surface area contributed by atoms with Gasteiger partial charge in [-0.15, -0.1) is 0 Å². The normalized spacial score (nSPS) is 11.3. The van der Waals surface area contributed by atoms with E-state index in [-0.39, 0.29) is 59.1 Å². The van der Waals surface area contributed by atoms with Crippen LogP contribution in [0.4, 0.5) is 0 Å². The minimum absolute atomic E-state index is 0. The summed E-state index contributed by atoms with van der Waals surface area (Å²) in [6.07, 6.45) is 20.8. The smallest absolute Gasteiger partial charge is 0.549 e. The van der Waals surface area contributed by atoms with Crippen LogP contribution in [-0.2, 0) is 9.59 Å². The van der Waals surface area contributed by atoms with Crippen LogP contribution in [0.5, 0.6) is 0 Å². The van der Waals surface area contributed by atoms with Crippen LogP contribution in [0.25, 0.3) is 0 Å². The predicted molar refractivity (Wildman–Crippen MR) is 106 cm³/mol. The number of nitrogens with one attached hydrogen (secondary N) is 1. The molecule has 0 aromatic carbocycles. The molecule has 1 atom stereocenters. The zero-order chi connectivity index (χ0) is 20.2. The number of hydrogen-bond acceptors (Lipinski definition) is 5. The van der Waals surface area contributed by atoms with Crippen LogP contribution in [0.15, 0.2) is 0 Å². The topological polar surface area (TPSA) is 92.3 Å². The molecule has 1 unspecified atom stereocenters. The Morgan fingerprint density at radius 1 is 0.655 bits per heavy atom. The van der Waals surface area contributed by atoms with Crippen molar-refractivity contribution in [1.29, 1.82) is 0 Å². The molecular formula is C22H41NNa2O4. The largest absolute Gasteiger partial charge is 1.00 e. The molecular weight excluding hydrogens is 388 g/mol. The number of carbonyl (C=O) groups excluding carboxylic acids is 2. The molecule has 0 heterocycles. The van der Waals surface area contributed by atoms with E-state index in [4.69, 9.17) is 0 Å². The fourth-order valence-electron chi connectivity index (χ4n) is 3.41. The van der Waals surface area contributed by atoms with Gasteiger partial charge in [-0.1, -0.05) is 110 Å². The Balaban J connectivity index is -0.00000338. The van der Waals surface area contributed by atoms with Crippen molar-refractivity contribution in [2.75, 3.05) is 6.54 Å². The van der Waals surface area contributed by atoms with Gasteiger partial charge in [0.1, 0.15) is 0 Å². The number of aliphatic carboxylic acids is 2. The van der Waals surface area contributed by atoms with Gasteiger partial charge in [0.05, 0.1) is 11.9 Å². The molecule has 0 aliphatic carbocycles. The fourth-order valence-corrected chi connectivity index (χ4v) is 3.41. The van der Waals surface area contributed by atoms with E-state index in [0.29, 0.717) is 6.42 Å². The van der Waals surface area contributed by atoms with Gasteiger partial charge in [0.15, 0.2) is 0 Å². The first kappa shape index (κ1) is 34.5. The molecule has 0 aromatic heterocycles. The van der Waals surface area contributed by atoms with E-state index in [0.717, 1.165) is 19.3 Å². The predicted octanol–water partition coefficient (Wildman–Crippen LogP) is -2.90. The third-order valence-electron chi connectivity index (χ3n) is 5.12. The van der Waals surface area contributed by atoms with E-state index in [1.54, 1.807) is 0 Å². The first-order valence-electron chi connectivity index (χ1n) is 11.2. The Morgan fingerprint density at radius 2 is 1.00 bits per heavy atom. The van der Waals surface area contributed by atoms with Gasteiger partial charge in [0.25, 0.3) is 0 Å². The van der Waals surface area contributed by atoms with E-state index >= 15 is 0 Å². The summed E-state index contributed by atoms with van der Waals surface area (Å²) in [5.41, 5.74) is 0. The number of unbranched alkanes of at least 4 members (excludes halogenated alkanes) is 15. The first-order valence-corrected chi connectivity index (χ1v) is 11.2. The van der Waals surface area contributed by atoms with Gasteiger partial charge >= 0.3 is 59.1 Å². The molecule has 160 valence electrons. The first-order chi connectivity index (χ1) is 13.1. The molecule has 0 rings (SSSR count). The van der Waals surface area contributed by atoms with Gasteiger partial charge in [-0.25, -0.2) is 0 Å². The molecule has 0 aromatic rings. The summed E-state index contributed by atoms with van der Waals surface area (Å²) in [4.78, 5) is 21.3. The Kier molecular flexibility index (Phi) is 32.1. The van der Waals surface area contributed by atoms with Crippen LogP contribution in [0.1, 0.15) is 116 Å². The summed E-state index contributed by atoms with van der Waals surface area (Å²) < 4.78 is 0. The average molecular weight is 430 g/mol. The van der Waals surface area contributed by atoms with E-state index in [2.05, 4.69) is 12.2 Å². The third kappa shape index (κ3) is 26.9. The molecule has 0 aliphatic rings. The summed E-state index contributed by atoms with van der Waals surface area (Å²) in [6, 6.07) is -0.894. The van der Waals surface area contributed by atoms with Crippen LogP contribution in [0.2, 0.25) is 0 Å². The van der Waals surface area contributed by atoms with Crippen LogP contribution in [-0.4, -0.2) is 24.5 Å². The molecule has 0 aliphatic heterocycles. The Labute approximate surface area is 223 Å². The van der Waals surface area contributed by atoms with Crippen molar-refractivity contribution in [3.05, 3.63) is 0 Å². The molecule has 0 saturated carbocycles. The van der Waals surface area contributed by atoms with Crippen LogP contribution in [0.3, 0.4) is 0 Å². The van der Waals surface area contributed by atoms with Crippen molar-refractivity contribution in [2.24, 2.45) is 0 Å². The number of carboxylic acids is 2.